The van der Waals surface area contributed by atoms with Gasteiger partial charge < -0.3 is 14.6 Å². The Morgan fingerprint density at radius 3 is 2.48 bits per heavy atom. The van der Waals surface area contributed by atoms with Gasteiger partial charge in [-0.3, -0.25) is 4.79 Å². The van der Waals surface area contributed by atoms with Gasteiger partial charge in [0.2, 0.25) is 0 Å². The number of hydrogen-bond acceptors (Lipinski definition) is 2. The van der Waals surface area contributed by atoms with Gasteiger partial charge >= 0.3 is 0 Å². The summed E-state index contributed by atoms with van der Waals surface area (Å²) < 4.78 is 7.31. The van der Waals surface area contributed by atoms with Gasteiger partial charge in [-0.25, -0.2) is 0 Å². The summed E-state index contributed by atoms with van der Waals surface area (Å²) in [5.41, 5.74) is 3.81. The van der Waals surface area contributed by atoms with Crippen LogP contribution in [0.1, 0.15) is 41.5 Å². The first-order valence-electron chi connectivity index (χ1n) is 8.15. The van der Waals surface area contributed by atoms with Gasteiger partial charge in [0.15, 0.2) is 0 Å². The molecule has 1 aromatic carbocycles. The first kappa shape index (κ1) is 15.7. The van der Waals surface area contributed by atoms with E-state index in [1.54, 1.807) is 7.11 Å². The number of ether oxygens (including phenoxy) is 1. The largest absolute Gasteiger partial charge is 0.497 e. The monoisotopic (exact) mass is 312 g/mol. The molecule has 1 aliphatic carbocycles. The number of hydrogen-bond donors (Lipinski definition) is 1. The number of carbonyl (C=O) groups is 1. The van der Waals surface area contributed by atoms with Gasteiger partial charge in [0, 0.05) is 23.1 Å². The summed E-state index contributed by atoms with van der Waals surface area (Å²) >= 11 is 0. The molecule has 4 nitrogen and oxygen atoms in total. The van der Waals surface area contributed by atoms with Crippen LogP contribution in [0.15, 0.2) is 30.3 Å². The fourth-order valence-corrected chi connectivity index (χ4v) is 3.12. The number of benzene rings is 1. The van der Waals surface area contributed by atoms with E-state index in [2.05, 4.69) is 16.8 Å². The Balaban J connectivity index is 1.87. The molecule has 2 aromatic rings. The Labute approximate surface area is 137 Å². The minimum Gasteiger partial charge on any atom is -0.497 e. The van der Waals surface area contributed by atoms with Gasteiger partial charge in [0.1, 0.15) is 5.75 Å². The van der Waals surface area contributed by atoms with E-state index in [0.29, 0.717) is 5.92 Å². The lowest BCUT2D eigenvalue weighted by atomic mass is 10.2. The first-order chi connectivity index (χ1) is 11.0. The lowest BCUT2D eigenvalue weighted by Gasteiger charge is -2.13. The number of aromatic nitrogens is 1. The molecule has 1 aliphatic rings. The van der Waals surface area contributed by atoms with Crippen LogP contribution in [-0.2, 0) is 0 Å². The maximum absolute atomic E-state index is 12.6. The van der Waals surface area contributed by atoms with Crippen LogP contribution in [0.2, 0.25) is 0 Å². The van der Waals surface area contributed by atoms with Crippen molar-refractivity contribution in [1.29, 1.82) is 0 Å². The molecule has 3 rings (SSSR count). The van der Waals surface area contributed by atoms with Crippen molar-refractivity contribution in [2.75, 3.05) is 7.11 Å². The van der Waals surface area contributed by atoms with E-state index in [1.165, 1.54) is 12.8 Å². The Kier molecular flexibility index (Phi) is 4.16. The zero-order chi connectivity index (χ0) is 16.6. The Hall–Kier alpha value is -2.23. The van der Waals surface area contributed by atoms with Gasteiger partial charge in [-0.05, 0) is 69.9 Å². The molecule has 1 aromatic heterocycles. The Morgan fingerprint density at radius 2 is 1.91 bits per heavy atom. The fraction of sp³-hybridized carbons (Fsp3) is 0.421. The number of rotatable bonds is 5. The number of methoxy groups -OCH3 is 1. The highest BCUT2D eigenvalue weighted by Crippen LogP contribution is 2.32. The molecule has 1 unspecified atom stereocenters. The highest BCUT2D eigenvalue weighted by molar-refractivity contribution is 5.96. The van der Waals surface area contributed by atoms with Crippen molar-refractivity contribution in [2.24, 2.45) is 5.92 Å². The van der Waals surface area contributed by atoms with E-state index in [1.807, 2.05) is 44.2 Å². The predicted octanol–water partition coefficient (Wildman–Crippen LogP) is 3.63. The van der Waals surface area contributed by atoms with Gasteiger partial charge in [-0.1, -0.05) is 0 Å². The van der Waals surface area contributed by atoms with Crippen LogP contribution in [0, 0.1) is 19.8 Å². The molecule has 1 saturated carbocycles. The van der Waals surface area contributed by atoms with Crippen molar-refractivity contribution >= 4 is 5.91 Å². The van der Waals surface area contributed by atoms with Crippen LogP contribution in [-0.4, -0.2) is 23.6 Å². The summed E-state index contributed by atoms with van der Waals surface area (Å²) in [7, 11) is 1.66. The molecule has 1 amide bonds. The zero-order valence-electron chi connectivity index (χ0n) is 14.2. The predicted molar refractivity (Wildman–Crippen MR) is 91.4 cm³/mol. The molecule has 0 radical (unpaired) electrons. The van der Waals surface area contributed by atoms with Crippen LogP contribution in [0.25, 0.3) is 5.69 Å². The second kappa shape index (κ2) is 6.11. The van der Waals surface area contributed by atoms with E-state index >= 15 is 0 Å². The van der Waals surface area contributed by atoms with E-state index in [-0.39, 0.29) is 11.9 Å². The molecule has 1 atom stereocenters. The first-order valence-corrected chi connectivity index (χ1v) is 8.15. The second-order valence-corrected chi connectivity index (χ2v) is 6.42. The molecule has 0 spiro atoms. The molecule has 0 bridgehead atoms. The number of aryl methyl sites for hydroxylation is 1. The Bertz CT molecular complexity index is 712. The summed E-state index contributed by atoms with van der Waals surface area (Å²) in [5.74, 6) is 1.51. The minimum absolute atomic E-state index is 0.0252. The highest BCUT2D eigenvalue weighted by atomic mass is 16.5. The van der Waals surface area contributed by atoms with Crippen molar-refractivity contribution in [1.82, 2.24) is 9.88 Å². The van der Waals surface area contributed by atoms with Crippen molar-refractivity contribution in [2.45, 2.75) is 39.7 Å². The van der Waals surface area contributed by atoms with Gasteiger partial charge in [0.25, 0.3) is 5.91 Å². The summed E-state index contributed by atoms with van der Waals surface area (Å²) in [5, 5.41) is 3.14. The third kappa shape index (κ3) is 3.11. The van der Waals surface area contributed by atoms with Crippen molar-refractivity contribution < 1.29 is 9.53 Å². The standard InChI is InChI=1S/C19H24N2O2/c1-12-11-18(19(22)20-13(2)15-5-6-15)14(3)21(12)16-7-9-17(23-4)10-8-16/h7-11,13,15H,5-6H2,1-4H3,(H,20,22). The molecule has 4 heteroatoms. The van der Waals surface area contributed by atoms with Crippen molar-refractivity contribution in [3.63, 3.8) is 0 Å². The summed E-state index contributed by atoms with van der Waals surface area (Å²) in [6.07, 6.45) is 2.46. The molecule has 0 saturated heterocycles. The number of nitrogens with one attached hydrogen (secondary N) is 1. The van der Waals surface area contributed by atoms with Crippen molar-refractivity contribution in [3.8, 4) is 11.4 Å². The van der Waals surface area contributed by atoms with E-state index in [0.717, 1.165) is 28.4 Å². The van der Waals surface area contributed by atoms with Crippen molar-refractivity contribution in [3.05, 3.63) is 47.3 Å². The molecule has 1 N–H and O–H groups in total. The average Bonchev–Trinajstić information content (AvgIpc) is 3.34. The molecule has 1 fully saturated rings. The SMILES string of the molecule is COc1ccc(-n2c(C)cc(C(=O)NC(C)C3CC3)c2C)cc1. The Morgan fingerprint density at radius 1 is 1.26 bits per heavy atom. The maximum atomic E-state index is 12.6. The number of amides is 1. The summed E-state index contributed by atoms with van der Waals surface area (Å²) in [4.78, 5) is 12.6. The maximum Gasteiger partial charge on any atom is 0.253 e. The van der Waals surface area contributed by atoms with Gasteiger partial charge in [-0.2, -0.15) is 0 Å². The minimum atomic E-state index is 0.0252. The second-order valence-electron chi connectivity index (χ2n) is 6.42. The smallest absolute Gasteiger partial charge is 0.253 e. The fourth-order valence-electron chi connectivity index (χ4n) is 3.12. The van der Waals surface area contributed by atoms with Crippen LogP contribution in [0.5, 0.6) is 5.75 Å². The third-order valence-electron chi connectivity index (χ3n) is 4.69. The number of carbonyl (C=O) groups excluding carboxylic acids is 1. The quantitative estimate of drug-likeness (QED) is 0.916. The van der Waals surface area contributed by atoms with Crippen LogP contribution < -0.4 is 10.1 Å². The van der Waals surface area contributed by atoms with Gasteiger partial charge in [0.05, 0.1) is 12.7 Å². The molecular formula is C19H24N2O2. The summed E-state index contributed by atoms with van der Waals surface area (Å²) in [6.45, 7) is 6.12. The molecule has 0 aliphatic heterocycles. The molecule has 122 valence electrons. The normalized spacial score (nSPS) is 15.3. The molecule has 23 heavy (non-hydrogen) atoms. The topological polar surface area (TPSA) is 43.3 Å². The lowest BCUT2D eigenvalue weighted by molar-refractivity contribution is 0.0935. The van der Waals surface area contributed by atoms with Crippen LogP contribution in [0.3, 0.4) is 0 Å². The van der Waals surface area contributed by atoms with Crippen LogP contribution >= 0.6 is 0 Å². The molecular weight excluding hydrogens is 288 g/mol. The highest BCUT2D eigenvalue weighted by Gasteiger charge is 2.29. The average molecular weight is 312 g/mol. The van der Waals surface area contributed by atoms with E-state index in [4.69, 9.17) is 4.74 Å². The molecule has 1 heterocycles. The number of nitrogens with zero attached hydrogens (tertiary/aromatic N) is 1. The van der Waals surface area contributed by atoms with E-state index < -0.39 is 0 Å². The lowest BCUT2D eigenvalue weighted by Crippen LogP contribution is -2.34. The zero-order valence-corrected chi connectivity index (χ0v) is 14.2. The van der Waals surface area contributed by atoms with Crippen LogP contribution in [0.4, 0.5) is 0 Å². The third-order valence-corrected chi connectivity index (χ3v) is 4.69. The van der Waals surface area contributed by atoms with Gasteiger partial charge in [-0.15, -0.1) is 0 Å². The van der Waals surface area contributed by atoms with E-state index in [9.17, 15) is 4.79 Å². The summed E-state index contributed by atoms with van der Waals surface area (Å²) in [6, 6.07) is 10.1.